The number of benzene rings is 1. The van der Waals surface area contributed by atoms with Gasteiger partial charge in [-0.2, -0.15) is 0 Å². The summed E-state index contributed by atoms with van der Waals surface area (Å²) in [6.45, 7) is 0. The maximum atomic E-state index is 9.07. The first-order chi connectivity index (χ1) is 5.77. The van der Waals surface area contributed by atoms with Crippen LogP contribution in [0.2, 0.25) is 0 Å². The predicted molar refractivity (Wildman–Crippen MR) is 54.7 cm³/mol. The molecule has 0 radical (unpaired) electrons. The normalized spacial score (nSPS) is 12.5. The molecule has 0 aliphatic rings. The number of rotatable bonds is 1. The van der Waals surface area contributed by atoms with Gasteiger partial charge in [-0.25, -0.2) is 0 Å². The van der Waals surface area contributed by atoms with Gasteiger partial charge in [0.1, 0.15) is 6.23 Å². The summed E-state index contributed by atoms with van der Waals surface area (Å²) in [5.41, 5.74) is 6.95. The third-order valence-electron chi connectivity index (χ3n) is 1.87. The summed E-state index contributed by atoms with van der Waals surface area (Å²) in [5, 5.41) is 10.1. The van der Waals surface area contributed by atoms with Crippen LogP contribution in [0.25, 0.3) is 10.9 Å². The fourth-order valence-corrected chi connectivity index (χ4v) is 1.26. The van der Waals surface area contributed by atoms with E-state index in [1.165, 1.54) is 0 Å². The van der Waals surface area contributed by atoms with Crippen LogP contribution in [0.15, 0.2) is 30.3 Å². The van der Waals surface area contributed by atoms with Crippen LogP contribution < -0.4 is 5.73 Å². The van der Waals surface area contributed by atoms with Gasteiger partial charge in [-0.15, -0.1) is 12.4 Å². The molecule has 0 amide bonds. The molecule has 0 fully saturated rings. The predicted octanol–water partition coefficient (Wildman–Crippen LogP) is 1.54. The number of halogens is 1. The van der Waals surface area contributed by atoms with Gasteiger partial charge in [0, 0.05) is 5.52 Å². The minimum atomic E-state index is -0.919. The van der Waals surface area contributed by atoms with E-state index in [-0.39, 0.29) is 12.4 Å². The van der Waals surface area contributed by atoms with E-state index in [1.807, 2.05) is 30.3 Å². The molecule has 1 heterocycles. The van der Waals surface area contributed by atoms with E-state index in [9.17, 15) is 0 Å². The average molecular weight is 199 g/mol. The summed E-state index contributed by atoms with van der Waals surface area (Å²) >= 11 is 0. The number of aromatic amines is 1. The Labute approximate surface area is 82.0 Å². The molecular weight excluding hydrogens is 188 g/mol. The van der Waals surface area contributed by atoms with Crippen LogP contribution in [0, 0.1) is 0 Å². The lowest BCUT2D eigenvalue weighted by Gasteiger charge is -1.97. The SMILES string of the molecule is Cl.NC(O)c1cc2ccccc2[nH]1. The molecule has 0 bridgehead atoms. The number of aliphatic hydroxyl groups is 1. The molecule has 0 aliphatic carbocycles. The third-order valence-corrected chi connectivity index (χ3v) is 1.87. The Morgan fingerprint density at radius 1 is 1.31 bits per heavy atom. The zero-order valence-corrected chi connectivity index (χ0v) is 7.71. The summed E-state index contributed by atoms with van der Waals surface area (Å²) in [7, 11) is 0. The number of H-pyrrole nitrogens is 1. The molecule has 4 N–H and O–H groups in total. The second-order valence-corrected chi connectivity index (χ2v) is 2.76. The van der Waals surface area contributed by atoms with Crippen molar-refractivity contribution in [3.8, 4) is 0 Å². The smallest absolute Gasteiger partial charge is 0.143 e. The summed E-state index contributed by atoms with van der Waals surface area (Å²) < 4.78 is 0. The largest absolute Gasteiger partial charge is 0.373 e. The highest BCUT2D eigenvalue weighted by Gasteiger charge is 2.03. The molecule has 0 spiro atoms. The fraction of sp³-hybridized carbons (Fsp3) is 0.111. The highest BCUT2D eigenvalue weighted by molar-refractivity contribution is 5.85. The highest BCUT2D eigenvalue weighted by Crippen LogP contribution is 2.16. The van der Waals surface area contributed by atoms with Crippen LogP contribution in [0.3, 0.4) is 0 Å². The van der Waals surface area contributed by atoms with Gasteiger partial charge in [0.2, 0.25) is 0 Å². The van der Waals surface area contributed by atoms with Crippen molar-refractivity contribution in [2.24, 2.45) is 5.73 Å². The molecular formula is C9H11ClN2O. The third kappa shape index (κ3) is 1.83. The Morgan fingerprint density at radius 3 is 2.62 bits per heavy atom. The standard InChI is InChI=1S/C9H10N2O.ClH/c10-9(12)8-5-6-3-1-2-4-7(6)11-8;/h1-5,9,11-12H,10H2;1H. The monoisotopic (exact) mass is 198 g/mol. The number of nitrogens with two attached hydrogens (primary N) is 1. The van der Waals surface area contributed by atoms with E-state index < -0.39 is 6.23 Å². The molecule has 1 aromatic carbocycles. The minimum Gasteiger partial charge on any atom is -0.373 e. The zero-order chi connectivity index (χ0) is 8.55. The second-order valence-electron chi connectivity index (χ2n) is 2.76. The van der Waals surface area contributed by atoms with Gasteiger partial charge in [-0.05, 0) is 17.5 Å². The summed E-state index contributed by atoms with van der Waals surface area (Å²) in [6, 6.07) is 9.65. The molecule has 2 aromatic rings. The van der Waals surface area contributed by atoms with Crippen molar-refractivity contribution in [2.75, 3.05) is 0 Å². The van der Waals surface area contributed by atoms with Crippen molar-refractivity contribution in [3.63, 3.8) is 0 Å². The van der Waals surface area contributed by atoms with Gasteiger partial charge in [-0.3, -0.25) is 0 Å². The Hall–Kier alpha value is -1.03. The van der Waals surface area contributed by atoms with E-state index >= 15 is 0 Å². The topological polar surface area (TPSA) is 62.0 Å². The highest BCUT2D eigenvalue weighted by atomic mass is 35.5. The van der Waals surface area contributed by atoms with Crippen LogP contribution in [-0.2, 0) is 0 Å². The Balaban J connectivity index is 0.000000845. The molecule has 0 saturated heterocycles. The molecule has 2 rings (SSSR count). The number of aromatic nitrogens is 1. The fourth-order valence-electron chi connectivity index (χ4n) is 1.26. The van der Waals surface area contributed by atoms with Gasteiger partial charge in [-0.1, -0.05) is 18.2 Å². The number of aliphatic hydroxyl groups excluding tert-OH is 1. The first kappa shape index (κ1) is 10.1. The van der Waals surface area contributed by atoms with Gasteiger partial charge in [0.25, 0.3) is 0 Å². The van der Waals surface area contributed by atoms with Crippen molar-refractivity contribution < 1.29 is 5.11 Å². The van der Waals surface area contributed by atoms with Gasteiger partial charge in [0.05, 0.1) is 5.69 Å². The van der Waals surface area contributed by atoms with Crippen LogP contribution in [0.4, 0.5) is 0 Å². The lowest BCUT2D eigenvalue weighted by Crippen LogP contribution is -2.08. The van der Waals surface area contributed by atoms with E-state index in [1.54, 1.807) is 0 Å². The molecule has 1 aromatic heterocycles. The number of hydrogen-bond acceptors (Lipinski definition) is 2. The lowest BCUT2D eigenvalue weighted by molar-refractivity contribution is 0.182. The van der Waals surface area contributed by atoms with Crippen LogP contribution >= 0.6 is 12.4 Å². The Kier molecular flexibility index (Phi) is 2.93. The summed E-state index contributed by atoms with van der Waals surface area (Å²) in [6.07, 6.45) is -0.919. The number of hydrogen-bond donors (Lipinski definition) is 3. The van der Waals surface area contributed by atoms with Crippen molar-refractivity contribution in [3.05, 3.63) is 36.0 Å². The maximum absolute atomic E-state index is 9.07. The molecule has 1 unspecified atom stereocenters. The zero-order valence-electron chi connectivity index (χ0n) is 6.90. The average Bonchev–Trinajstić information content (AvgIpc) is 2.46. The molecule has 13 heavy (non-hydrogen) atoms. The Bertz CT molecular complexity index is 364. The summed E-state index contributed by atoms with van der Waals surface area (Å²) in [5.74, 6) is 0. The first-order valence-corrected chi connectivity index (χ1v) is 3.78. The molecule has 3 nitrogen and oxygen atoms in total. The molecule has 1 atom stereocenters. The molecule has 70 valence electrons. The van der Waals surface area contributed by atoms with E-state index in [2.05, 4.69) is 4.98 Å². The number of nitrogens with one attached hydrogen (secondary N) is 1. The van der Waals surface area contributed by atoms with Crippen LogP contribution in [-0.4, -0.2) is 10.1 Å². The lowest BCUT2D eigenvalue weighted by atomic mass is 10.2. The molecule has 0 aliphatic heterocycles. The van der Waals surface area contributed by atoms with Crippen molar-refractivity contribution in [2.45, 2.75) is 6.23 Å². The minimum absolute atomic E-state index is 0. The quantitative estimate of drug-likeness (QED) is 0.609. The second kappa shape index (κ2) is 3.79. The van der Waals surface area contributed by atoms with E-state index in [0.717, 1.165) is 10.9 Å². The van der Waals surface area contributed by atoms with Crippen molar-refractivity contribution in [1.82, 2.24) is 4.98 Å². The van der Waals surface area contributed by atoms with Crippen molar-refractivity contribution in [1.29, 1.82) is 0 Å². The first-order valence-electron chi connectivity index (χ1n) is 3.78. The molecule has 4 heteroatoms. The maximum Gasteiger partial charge on any atom is 0.143 e. The van der Waals surface area contributed by atoms with Gasteiger partial charge < -0.3 is 15.8 Å². The number of para-hydroxylation sites is 1. The van der Waals surface area contributed by atoms with Gasteiger partial charge in [0.15, 0.2) is 0 Å². The van der Waals surface area contributed by atoms with Crippen LogP contribution in [0.1, 0.15) is 11.9 Å². The molecule has 0 saturated carbocycles. The number of fused-ring (bicyclic) bond motifs is 1. The van der Waals surface area contributed by atoms with Crippen LogP contribution in [0.5, 0.6) is 0 Å². The van der Waals surface area contributed by atoms with E-state index in [0.29, 0.717) is 5.69 Å². The van der Waals surface area contributed by atoms with Gasteiger partial charge >= 0.3 is 0 Å². The van der Waals surface area contributed by atoms with Crippen molar-refractivity contribution >= 4 is 23.3 Å². The summed E-state index contributed by atoms with van der Waals surface area (Å²) in [4.78, 5) is 3.02. The Morgan fingerprint density at radius 2 is 2.00 bits per heavy atom. The van der Waals surface area contributed by atoms with E-state index in [4.69, 9.17) is 10.8 Å².